The maximum Gasteiger partial charge on any atom is 0.264 e. The molecule has 0 aliphatic carbocycles. The van der Waals surface area contributed by atoms with Crippen molar-refractivity contribution in [2.75, 3.05) is 7.11 Å². The van der Waals surface area contributed by atoms with Gasteiger partial charge in [-0.05, 0) is 23.8 Å². The number of carbonyl (C=O) groups is 1. The molecule has 1 amide bonds. The summed E-state index contributed by atoms with van der Waals surface area (Å²) in [4.78, 5) is 17.3. The lowest BCUT2D eigenvalue weighted by atomic mass is 10.0. The Kier molecular flexibility index (Phi) is 4.74. The summed E-state index contributed by atoms with van der Waals surface area (Å²) < 4.78 is 18.8. The van der Waals surface area contributed by atoms with E-state index in [4.69, 9.17) is 9.57 Å². The van der Waals surface area contributed by atoms with Gasteiger partial charge in [-0.3, -0.25) is 4.79 Å². The lowest BCUT2D eigenvalue weighted by Gasteiger charge is -2.10. The number of rotatable bonds is 5. The van der Waals surface area contributed by atoms with E-state index in [0.717, 1.165) is 11.3 Å². The average molecular weight is 328 g/mol. The molecule has 1 heterocycles. The predicted octanol–water partition coefficient (Wildman–Crippen LogP) is 2.64. The number of hydrogen-bond donors (Lipinski definition) is 1. The largest absolute Gasteiger partial charge is 0.497 e. The minimum Gasteiger partial charge on any atom is -0.497 e. The van der Waals surface area contributed by atoms with Crippen LogP contribution in [-0.4, -0.2) is 24.8 Å². The van der Waals surface area contributed by atoms with Gasteiger partial charge in [0.2, 0.25) is 6.10 Å². The second-order valence-corrected chi connectivity index (χ2v) is 5.38. The number of methoxy groups -OCH3 is 1. The Morgan fingerprint density at radius 3 is 2.75 bits per heavy atom. The summed E-state index contributed by atoms with van der Waals surface area (Å²) >= 11 is 0. The van der Waals surface area contributed by atoms with Gasteiger partial charge in [0.25, 0.3) is 5.91 Å². The highest BCUT2D eigenvalue weighted by molar-refractivity contribution is 6.04. The normalized spacial score (nSPS) is 16.2. The summed E-state index contributed by atoms with van der Waals surface area (Å²) in [6, 6.07) is 13.7. The van der Waals surface area contributed by atoms with Crippen LogP contribution in [0.2, 0.25) is 0 Å². The third kappa shape index (κ3) is 3.53. The zero-order valence-corrected chi connectivity index (χ0v) is 13.2. The van der Waals surface area contributed by atoms with Crippen molar-refractivity contribution in [2.24, 2.45) is 5.16 Å². The van der Waals surface area contributed by atoms with E-state index in [0.29, 0.717) is 17.8 Å². The fourth-order valence-electron chi connectivity index (χ4n) is 2.42. The molecule has 24 heavy (non-hydrogen) atoms. The van der Waals surface area contributed by atoms with E-state index in [2.05, 4.69) is 10.5 Å². The highest BCUT2D eigenvalue weighted by Gasteiger charge is 2.29. The molecule has 0 unspecified atom stereocenters. The van der Waals surface area contributed by atoms with Crippen molar-refractivity contribution in [2.45, 2.75) is 19.1 Å². The Hall–Kier alpha value is -2.89. The van der Waals surface area contributed by atoms with Gasteiger partial charge < -0.3 is 14.9 Å². The fourth-order valence-corrected chi connectivity index (χ4v) is 2.42. The second-order valence-electron chi connectivity index (χ2n) is 5.38. The summed E-state index contributed by atoms with van der Waals surface area (Å²) in [6.07, 6.45) is -0.493. The Bertz CT molecular complexity index is 759. The monoisotopic (exact) mass is 328 g/mol. The smallest absolute Gasteiger partial charge is 0.264 e. The number of carbonyl (C=O) groups excluding carboxylic acids is 1. The first-order valence-electron chi connectivity index (χ1n) is 7.55. The zero-order valence-electron chi connectivity index (χ0n) is 13.2. The SMILES string of the molecule is COc1ccc(CNC(=O)[C@H]2CC(c3ccccc3F)=NO2)cc1. The Labute approximate surface area is 139 Å². The van der Waals surface area contributed by atoms with Gasteiger partial charge in [-0.15, -0.1) is 0 Å². The predicted molar refractivity (Wildman–Crippen MR) is 87.3 cm³/mol. The topological polar surface area (TPSA) is 59.9 Å². The van der Waals surface area contributed by atoms with Crippen molar-refractivity contribution in [1.82, 2.24) is 5.32 Å². The summed E-state index contributed by atoms with van der Waals surface area (Å²) in [5.74, 6) is 0.104. The first-order chi connectivity index (χ1) is 11.7. The minimum absolute atomic E-state index is 0.245. The molecule has 1 atom stereocenters. The van der Waals surface area contributed by atoms with Crippen molar-refractivity contribution in [3.8, 4) is 5.75 Å². The molecule has 6 heteroatoms. The van der Waals surface area contributed by atoms with Crippen LogP contribution in [0.3, 0.4) is 0 Å². The van der Waals surface area contributed by atoms with Gasteiger partial charge in [0.05, 0.1) is 12.8 Å². The molecule has 0 saturated heterocycles. The molecular formula is C18H17FN2O3. The molecule has 1 N–H and O–H groups in total. The van der Waals surface area contributed by atoms with Crippen LogP contribution in [-0.2, 0) is 16.2 Å². The number of ether oxygens (including phenoxy) is 1. The van der Waals surface area contributed by atoms with Gasteiger partial charge in [-0.25, -0.2) is 4.39 Å². The molecule has 5 nitrogen and oxygen atoms in total. The van der Waals surface area contributed by atoms with E-state index in [1.807, 2.05) is 24.3 Å². The van der Waals surface area contributed by atoms with Gasteiger partial charge >= 0.3 is 0 Å². The lowest BCUT2D eigenvalue weighted by Crippen LogP contribution is -2.34. The van der Waals surface area contributed by atoms with E-state index >= 15 is 0 Å². The van der Waals surface area contributed by atoms with E-state index in [1.54, 1.807) is 25.3 Å². The van der Waals surface area contributed by atoms with Crippen LogP contribution in [0.15, 0.2) is 53.7 Å². The van der Waals surface area contributed by atoms with Gasteiger partial charge in [-0.2, -0.15) is 0 Å². The lowest BCUT2D eigenvalue weighted by molar-refractivity contribution is -0.131. The summed E-state index contributed by atoms with van der Waals surface area (Å²) in [5, 5.41) is 6.64. The number of benzene rings is 2. The van der Waals surface area contributed by atoms with E-state index in [9.17, 15) is 9.18 Å². The Morgan fingerprint density at radius 2 is 2.04 bits per heavy atom. The van der Waals surface area contributed by atoms with Crippen molar-refractivity contribution in [3.63, 3.8) is 0 Å². The highest BCUT2D eigenvalue weighted by atomic mass is 19.1. The van der Waals surface area contributed by atoms with Gasteiger partial charge in [0.1, 0.15) is 11.6 Å². The summed E-state index contributed by atoms with van der Waals surface area (Å²) in [7, 11) is 1.60. The third-order valence-corrected chi connectivity index (χ3v) is 3.77. The zero-order chi connectivity index (χ0) is 16.9. The molecule has 0 saturated carbocycles. The van der Waals surface area contributed by atoms with Crippen LogP contribution in [0.5, 0.6) is 5.75 Å². The maximum atomic E-state index is 13.8. The number of halogens is 1. The van der Waals surface area contributed by atoms with Crippen LogP contribution >= 0.6 is 0 Å². The molecule has 0 bridgehead atoms. The van der Waals surface area contributed by atoms with E-state index < -0.39 is 6.10 Å². The number of hydrogen-bond acceptors (Lipinski definition) is 4. The molecule has 2 aromatic carbocycles. The fraction of sp³-hybridized carbons (Fsp3) is 0.222. The standard InChI is InChI=1S/C18H17FN2O3/c1-23-13-8-6-12(7-9-13)11-20-18(22)17-10-16(21-24-17)14-4-2-3-5-15(14)19/h2-9,17H,10-11H2,1H3,(H,20,22)/t17-/m1/s1. The number of nitrogens with zero attached hydrogens (tertiary/aromatic N) is 1. The highest BCUT2D eigenvalue weighted by Crippen LogP contribution is 2.19. The molecule has 124 valence electrons. The van der Waals surface area contributed by atoms with Crippen molar-refractivity contribution in [1.29, 1.82) is 0 Å². The quantitative estimate of drug-likeness (QED) is 0.918. The first-order valence-corrected chi connectivity index (χ1v) is 7.55. The van der Waals surface area contributed by atoms with Crippen LogP contribution in [0.4, 0.5) is 4.39 Å². The summed E-state index contributed by atoms with van der Waals surface area (Å²) in [5.41, 5.74) is 1.75. The third-order valence-electron chi connectivity index (χ3n) is 3.77. The van der Waals surface area contributed by atoms with Crippen molar-refractivity contribution >= 4 is 11.6 Å². The number of nitrogens with one attached hydrogen (secondary N) is 1. The minimum atomic E-state index is -0.738. The Balaban J connectivity index is 1.55. The van der Waals surface area contributed by atoms with Crippen LogP contribution in [0.25, 0.3) is 0 Å². The second kappa shape index (κ2) is 7.12. The van der Waals surface area contributed by atoms with Crippen LogP contribution in [0.1, 0.15) is 17.5 Å². The van der Waals surface area contributed by atoms with E-state index in [-0.39, 0.29) is 18.1 Å². The molecule has 1 aliphatic heterocycles. The van der Waals surface area contributed by atoms with Crippen LogP contribution in [0, 0.1) is 5.82 Å². The number of oxime groups is 1. The van der Waals surface area contributed by atoms with Gasteiger partial charge in [0.15, 0.2) is 0 Å². The summed E-state index contributed by atoms with van der Waals surface area (Å²) in [6.45, 7) is 0.373. The molecule has 2 aromatic rings. The van der Waals surface area contributed by atoms with Crippen LogP contribution < -0.4 is 10.1 Å². The van der Waals surface area contributed by atoms with E-state index in [1.165, 1.54) is 6.07 Å². The molecule has 0 fully saturated rings. The average Bonchev–Trinajstić information content (AvgIpc) is 3.10. The molecular weight excluding hydrogens is 311 g/mol. The molecule has 3 rings (SSSR count). The van der Waals surface area contributed by atoms with Crippen molar-refractivity contribution in [3.05, 3.63) is 65.5 Å². The maximum absolute atomic E-state index is 13.8. The molecule has 0 aromatic heterocycles. The number of amides is 1. The Morgan fingerprint density at radius 1 is 1.29 bits per heavy atom. The van der Waals surface area contributed by atoms with Gasteiger partial charge in [0, 0.05) is 18.5 Å². The van der Waals surface area contributed by atoms with Crippen molar-refractivity contribution < 1.29 is 18.8 Å². The molecule has 0 spiro atoms. The molecule has 0 radical (unpaired) electrons. The van der Waals surface area contributed by atoms with Gasteiger partial charge in [-0.1, -0.05) is 35.5 Å². The molecule has 1 aliphatic rings. The first kappa shape index (κ1) is 16.0.